The summed E-state index contributed by atoms with van der Waals surface area (Å²) in [6, 6.07) is 13.5. The fraction of sp³-hybridized carbons (Fsp3) is 0.316. The molecule has 0 aliphatic carbocycles. The van der Waals surface area contributed by atoms with Crippen LogP contribution in [0.25, 0.3) is 0 Å². The third kappa shape index (κ3) is 6.67. The molecule has 0 saturated heterocycles. The van der Waals surface area contributed by atoms with E-state index in [2.05, 4.69) is 17.0 Å². The van der Waals surface area contributed by atoms with Gasteiger partial charge in [0.15, 0.2) is 6.61 Å². The highest BCUT2D eigenvalue weighted by Gasteiger charge is 2.13. The summed E-state index contributed by atoms with van der Waals surface area (Å²) in [7, 11) is -2.10. The minimum absolute atomic E-state index is 0.117. The van der Waals surface area contributed by atoms with Crippen molar-refractivity contribution < 1.29 is 22.7 Å². The van der Waals surface area contributed by atoms with Crippen LogP contribution in [-0.2, 0) is 26.0 Å². The summed E-state index contributed by atoms with van der Waals surface area (Å²) in [6.07, 6.45) is 0.935. The van der Waals surface area contributed by atoms with E-state index in [1.807, 2.05) is 24.3 Å². The lowest BCUT2D eigenvalue weighted by Crippen LogP contribution is -2.27. The highest BCUT2D eigenvalue weighted by molar-refractivity contribution is 7.89. The quantitative estimate of drug-likeness (QED) is 0.605. The summed E-state index contributed by atoms with van der Waals surface area (Å²) in [6.45, 7) is 2.37. The van der Waals surface area contributed by atoms with Gasteiger partial charge in [-0.3, -0.25) is 4.79 Å². The first-order chi connectivity index (χ1) is 12.9. The van der Waals surface area contributed by atoms with Crippen molar-refractivity contribution in [3.63, 3.8) is 0 Å². The van der Waals surface area contributed by atoms with Crippen LogP contribution in [0.4, 0.5) is 5.69 Å². The van der Waals surface area contributed by atoms with Gasteiger partial charge < -0.3 is 14.8 Å². The summed E-state index contributed by atoms with van der Waals surface area (Å²) in [5, 5.41) is 2.75. The lowest BCUT2D eigenvalue weighted by molar-refractivity contribution is -0.118. The number of amides is 1. The van der Waals surface area contributed by atoms with Gasteiger partial charge in [0, 0.05) is 19.3 Å². The van der Waals surface area contributed by atoms with Crippen LogP contribution < -0.4 is 14.8 Å². The summed E-state index contributed by atoms with van der Waals surface area (Å²) < 4.78 is 36.8. The van der Waals surface area contributed by atoms with Gasteiger partial charge in [0.05, 0.1) is 11.5 Å². The first kappa shape index (κ1) is 20.9. The van der Waals surface area contributed by atoms with Crippen molar-refractivity contribution in [2.45, 2.75) is 18.2 Å². The number of benzene rings is 2. The fourth-order valence-electron chi connectivity index (χ4n) is 2.25. The highest BCUT2D eigenvalue weighted by Crippen LogP contribution is 2.16. The van der Waals surface area contributed by atoms with Crippen molar-refractivity contribution in [3.05, 3.63) is 54.1 Å². The van der Waals surface area contributed by atoms with Crippen LogP contribution in [0.2, 0.25) is 0 Å². The van der Waals surface area contributed by atoms with Crippen LogP contribution in [0.15, 0.2) is 53.4 Å². The number of rotatable bonds is 10. The molecule has 0 unspecified atom stereocenters. The summed E-state index contributed by atoms with van der Waals surface area (Å²) in [5.74, 6) is 0.111. The molecule has 7 nitrogen and oxygen atoms in total. The second kappa shape index (κ2) is 10.1. The maximum atomic E-state index is 12.1. The number of hydrogen-bond acceptors (Lipinski definition) is 5. The molecular weight excluding hydrogens is 368 g/mol. The van der Waals surface area contributed by atoms with Gasteiger partial charge in [-0.15, -0.1) is 0 Å². The standard InChI is InChI=1S/C19H24N2O5S/c1-3-15-4-6-16(7-5-15)21-19(22)14-26-17-8-10-18(11-9-17)27(23,24)20-12-13-25-2/h4-11,20H,3,12-14H2,1-2H3,(H,21,22). The predicted octanol–water partition coefficient (Wildman–Crippen LogP) is 2.19. The summed E-state index contributed by atoms with van der Waals surface area (Å²) >= 11 is 0. The molecule has 8 heteroatoms. The summed E-state index contributed by atoms with van der Waals surface area (Å²) in [5.41, 5.74) is 1.89. The Morgan fingerprint density at radius 3 is 2.30 bits per heavy atom. The largest absolute Gasteiger partial charge is 0.484 e. The van der Waals surface area contributed by atoms with E-state index in [0.717, 1.165) is 6.42 Å². The molecule has 0 atom stereocenters. The van der Waals surface area contributed by atoms with Crippen molar-refractivity contribution in [3.8, 4) is 5.75 Å². The molecule has 0 aliphatic heterocycles. The van der Waals surface area contributed by atoms with E-state index in [0.29, 0.717) is 11.4 Å². The monoisotopic (exact) mass is 392 g/mol. The minimum atomic E-state index is -3.59. The minimum Gasteiger partial charge on any atom is -0.484 e. The van der Waals surface area contributed by atoms with E-state index >= 15 is 0 Å². The molecule has 2 aromatic rings. The Morgan fingerprint density at radius 1 is 1.04 bits per heavy atom. The molecule has 146 valence electrons. The van der Waals surface area contributed by atoms with Crippen LogP contribution in [0.3, 0.4) is 0 Å². The van der Waals surface area contributed by atoms with Crippen LogP contribution in [0, 0.1) is 0 Å². The lowest BCUT2D eigenvalue weighted by atomic mass is 10.1. The Bertz CT molecular complexity index is 833. The normalized spacial score (nSPS) is 11.2. The van der Waals surface area contributed by atoms with Crippen molar-refractivity contribution in [1.82, 2.24) is 4.72 Å². The van der Waals surface area contributed by atoms with Crippen LogP contribution >= 0.6 is 0 Å². The third-order valence-corrected chi connectivity index (χ3v) is 5.23. The van der Waals surface area contributed by atoms with Gasteiger partial charge in [0.1, 0.15) is 5.75 Å². The van der Waals surface area contributed by atoms with Gasteiger partial charge in [0.25, 0.3) is 5.91 Å². The number of hydrogen-bond donors (Lipinski definition) is 2. The van der Waals surface area contributed by atoms with Gasteiger partial charge in [0.2, 0.25) is 10.0 Å². The zero-order valence-corrected chi connectivity index (χ0v) is 16.2. The van der Waals surface area contributed by atoms with Crippen molar-refractivity contribution >= 4 is 21.6 Å². The van der Waals surface area contributed by atoms with Crippen LogP contribution in [-0.4, -0.2) is 41.2 Å². The molecule has 2 N–H and O–H groups in total. The molecule has 0 radical (unpaired) electrons. The molecule has 2 aromatic carbocycles. The number of carbonyl (C=O) groups is 1. The molecule has 27 heavy (non-hydrogen) atoms. The van der Waals surface area contributed by atoms with E-state index in [-0.39, 0.29) is 30.6 Å². The number of methoxy groups -OCH3 is 1. The fourth-order valence-corrected chi connectivity index (χ4v) is 3.26. The Morgan fingerprint density at radius 2 is 1.70 bits per heavy atom. The topological polar surface area (TPSA) is 93.7 Å². The van der Waals surface area contributed by atoms with Crippen LogP contribution in [0.5, 0.6) is 5.75 Å². The molecular formula is C19H24N2O5S. The average molecular weight is 392 g/mol. The number of ether oxygens (including phenoxy) is 2. The Balaban J connectivity index is 1.85. The zero-order chi connectivity index (χ0) is 19.7. The molecule has 2 rings (SSSR count). The summed E-state index contributed by atoms with van der Waals surface area (Å²) in [4.78, 5) is 12.1. The molecule has 1 amide bonds. The number of carbonyl (C=O) groups excluding carboxylic acids is 1. The van der Waals surface area contributed by atoms with Gasteiger partial charge >= 0.3 is 0 Å². The van der Waals surface area contributed by atoms with Crippen molar-refractivity contribution in [1.29, 1.82) is 0 Å². The van der Waals surface area contributed by atoms with Gasteiger partial charge in [-0.2, -0.15) is 0 Å². The second-order valence-electron chi connectivity index (χ2n) is 5.75. The van der Waals surface area contributed by atoms with Crippen molar-refractivity contribution in [2.75, 3.05) is 32.2 Å². The van der Waals surface area contributed by atoms with E-state index in [1.54, 1.807) is 0 Å². The highest BCUT2D eigenvalue weighted by atomic mass is 32.2. The lowest BCUT2D eigenvalue weighted by Gasteiger charge is -2.09. The molecule has 0 bridgehead atoms. The van der Waals surface area contributed by atoms with E-state index in [4.69, 9.17) is 9.47 Å². The molecule has 0 aromatic heterocycles. The maximum Gasteiger partial charge on any atom is 0.262 e. The second-order valence-corrected chi connectivity index (χ2v) is 7.52. The van der Waals surface area contributed by atoms with E-state index < -0.39 is 10.0 Å². The zero-order valence-electron chi connectivity index (χ0n) is 15.4. The Kier molecular flexibility index (Phi) is 7.78. The number of aryl methyl sites for hydroxylation is 1. The number of anilines is 1. The smallest absolute Gasteiger partial charge is 0.262 e. The number of nitrogens with one attached hydrogen (secondary N) is 2. The first-order valence-corrected chi connectivity index (χ1v) is 10.0. The first-order valence-electron chi connectivity index (χ1n) is 8.55. The van der Waals surface area contributed by atoms with E-state index in [9.17, 15) is 13.2 Å². The predicted molar refractivity (Wildman–Crippen MR) is 103 cm³/mol. The van der Waals surface area contributed by atoms with E-state index in [1.165, 1.54) is 36.9 Å². The van der Waals surface area contributed by atoms with Crippen molar-refractivity contribution in [2.24, 2.45) is 0 Å². The number of sulfonamides is 1. The molecule has 0 aliphatic rings. The Hall–Kier alpha value is -2.42. The molecule has 0 saturated carbocycles. The molecule has 0 heterocycles. The van der Waals surface area contributed by atoms with Gasteiger partial charge in [-0.25, -0.2) is 13.1 Å². The third-order valence-electron chi connectivity index (χ3n) is 3.75. The SMILES string of the molecule is CCc1ccc(NC(=O)COc2ccc(S(=O)(=O)NCCOC)cc2)cc1. The molecule has 0 fully saturated rings. The maximum absolute atomic E-state index is 12.1. The van der Waals surface area contributed by atoms with Gasteiger partial charge in [-0.1, -0.05) is 19.1 Å². The Labute approximate surface area is 159 Å². The average Bonchev–Trinajstić information content (AvgIpc) is 2.67. The van der Waals surface area contributed by atoms with Gasteiger partial charge in [-0.05, 0) is 48.4 Å². The molecule has 0 spiro atoms. The van der Waals surface area contributed by atoms with Crippen LogP contribution in [0.1, 0.15) is 12.5 Å².